The molecule has 0 saturated carbocycles. The fourth-order valence-electron chi connectivity index (χ4n) is 1.90. The lowest BCUT2D eigenvalue weighted by atomic mass is 10.1. The molecule has 1 aliphatic rings. The molecule has 1 aromatic rings. The quantitative estimate of drug-likeness (QED) is 0.896. The van der Waals surface area contributed by atoms with Gasteiger partial charge in [-0.25, -0.2) is 0 Å². The van der Waals surface area contributed by atoms with Crippen LogP contribution in [-0.2, 0) is 11.9 Å². The molecule has 0 amide bonds. The van der Waals surface area contributed by atoms with Crippen LogP contribution < -0.4 is 5.32 Å². The molecule has 1 heterocycles. The maximum absolute atomic E-state index is 12.7. The van der Waals surface area contributed by atoms with Crippen LogP contribution >= 0.6 is 11.8 Å². The van der Waals surface area contributed by atoms with Gasteiger partial charge in [0.05, 0.1) is 5.56 Å². The van der Waals surface area contributed by atoms with E-state index in [9.17, 15) is 13.2 Å². The molecule has 1 N–H and O–H groups in total. The molecule has 1 nitrogen and oxygen atoms in total. The topological polar surface area (TPSA) is 12.0 Å². The Morgan fingerprint density at radius 2 is 2.06 bits per heavy atom. The highest BCUT2D eigenvalue weighted by Gasteiger charge is 2.32. The summed E-state index contributed by atoms with van der Waals surface area (Å²) >= 11 is 1.60. The summed E-state index contributed by atoms with van der Waals surface area (Å²) in [6, 6.07) is 5.83. The van der Waals surface area contributed by atoms with E-state index >= 15 is 0 Å². The molecular weight excluding hydrogens is 247 g/mol. The number of halogens is 3. The third-order valence-electron chi connectivity index (χ3n) is 2.81. The van der Waals surface area contributed by atoms with E-state index in [0.717, 1.165) is 25.6 Å². The lowest BCUT2D eigenvalue weighted by molar-refractivity contribution is -0.138. The van der Waals surface area contributed by atoms with Crippen LogP contribution in [0.1, 0.15) is 17.5 Å². The first-order chi connectivity index (χ1) is 8.07. The minimum absolute atomic E-state index is 0.386. The molecule has 1 aliphatic heterocycles. The monoisotopic (exact) mass is 261 g/mol. The molecule has 1 atom stereocenters. The van der Waals surface area contributed by atoms with Crippen LogP contribution in [0, 0.1) is 0 Å². The molecule has 2 rings (SSSR count). The van der Waals surface area contributed by atoms with Gasteiger partial charge in [-0.05, 0) is 24.6 Å². The molecule has 0 radical (unpaired) electrons. The summed E-state index contributed by atoms with van der Waals surface area (Å²) in [5.74, 6) is 0.433. The third kappa shape index (κ3) is 3.39. The van der Waals surface area contributed by atoms with Crippen molar-refractivity contribution in [2.75, 3.05) is 13.1 Å². The van der Waals surface area contributed by atoms with Gasteiger partial charge in [-0.3, -0.25) is 0 Å². The van der Waals surface area contributed by atoms with Gasteiger partial charge >= 0.3 is 6.18 Å². The molecule has 0 aromatic heterocycles. The van der Waals surface area contributed by atoms with Gasteiger partial charge in [0.15, 0.2) is 0 Å². The van der Waals surface area contributed by atoms with Crippen LogP contribution in [0.4, 0.5) is 13.2 Å². The highest BCUT2D eigenvalue weighted by atomic mass is 32.2. The number of rotatable bonds is 3. The van der Waals surface area contributed by atoms with Crippen molar-refractivity contribution in [3.8, 4) is 0 Å². The van der Waals surface area contributed by atoms with Gasteiger partial charge in [0.25, 0.3) is 0 Å². The van der Waals surface area contributed by atoms with Gasteiger partial charge in [0, 0.05) is 17.5 Å². The number of nitrogens with one attached hydrogen (secondary N) is 1. The third-order valence-corrected chi connectivity index (χ3v) is 4.16. The summed E-state index contributed by atoms with van der Waals surface area (Å²) in [5, 5.41) is 3.65. The molecule has 1 aromatic carbocycles. The highest BCUT2D eigenvalue weighted by molar-refractivity contribution is 7.99. The Bertz CT molecular complexity index is 372. The normalized spacial score (nSPS) is 20.8. The molecule has 1 unspecified atom stereocenters. The summed E-state index contributed by atoms with van der Waals surface area (Å²) in [5.41, 5.74) is -0.115. The number of hydrogen-bond donors (Lipinski definition) is 1. The zero-order valence-electron chi connectivity index (χ0n) is 9.26. The predicted molar refractivity (Wildman–Crippen MR) is 64.0 cm³/mol. The second-order valence-corrected chi connectivity index (χ2v) is 5.37. The average Bonchev–Trinajstić information content (AvgIpc) is 2.78. The van der Waals surface area contributed by atoms with Crippen molar-refractivity contribution in [3.05, 3.63) is 35.4 Å². The summed E-state index contributed by atoms with van der Waals surface area (Å²) in [4.78, 5) is 0. The van der Waals surface area contributed by atoms with Gasteiger partial charge in [0.2, 0.25) is 0 Å². The SMILES string of the molecule is FC(F)(F)c1ccccc1CSC1CCNC1. The van der Waals surface area contributed by atoms with Crippen LogP contribution in [-0.4, -0.2) is 18.3 Å². The van der Waals surface area contributed by atoms with E-state index in [0.29, 0.717) is 16.6 Å². The summed E-state index contributed by atoms with van der Waals surface area (Å²) in [7, 11) is 0. The van der Waals surface area contributed by atoms with Gasteiger partial charge in [-0.2, -0.15) is 24.9 Å². The molecule has 94 valence electrons. The van der Waals surface area contributed by atoms with Gasteiger partial charge in [0.1, 0.15) is 0 Å². The zero-order valence-corrected chi connectivity index (χ0v) is 10.1. The van der Waals surface area contributed by atoms with Crippen molar-refractivity contribution < 1.29 is 13.2 Å². The Kier molecular flexibility index (Phi) is 3.99. The van der Waals surface area contributed by atoms with E-state index in [2.05, 4.69) is 5.32 Å². The summed E-state index contributed by atoms with van der Waals surface area (Å²) in [6.45, 7) is 1.87. The van der Waals surface area contributed by atoms with E-state index < -0.39 is 11.7 Å². The maximum Gasteiger partial charge on any atom is 0.416 e. The molecule has 0 aliphatic carbocycles. The fraction of sp³-hybridized carbons (Fsp3) is 0.500. The fourth-order valence-corrected chi connectivity index (χ4v) is 3.09. The largest absolute Gasteiger partial charge is 0.416 e. The van der Waals surface area contributed by atoms with Gasteiger partial charge in [-0.15, -0.1) is 0 Å². The number of alkyl halides is 3. The van der Waals surface area contributed by atoms with E-state index in [1.54, 1.807) is 23.9 Å². The Morgan fingerprint density at radius 1 is 1.29 bits per heavy atom. The van der Waals surface area contributed by atoms with Crippen LogP contribution in [0.15, 0.2) is 24.3 Å². The smallest absolute Gasteiger partial charge is 0.316 e. The first-order valence-corrected chi connectivity index (χ1v) is 6.59. The first-order valence-electron chi connectivity index (χ1n) is 5.55. The minimum Gasteiger partial charge on any atom is -0.316 e. The van der Waals surface area contributed by atoms with Crippen molar-refractivity contribution in [1.82, 2.24) is 5.32 Å². The van der Waals surface area contributed by atoms with Crippen molar-refractivity contribution in [1.29, 1.82) is 0 Å². The molecule has 17 heavy (non-hydrogen) atoms. The first kappa shape index (κ1) is 12.8. The van der Waals surface area contributed by atoms with Crippen molar-refractivity contribution in [3.63, 3.8) is 0 Å². The number of hydrogen-bond acceptors (Lipinski definition) is 2. The van der Waals surface area contributed by atoms with Crippen molar-refractivity contribution in [2.24, 2.45) is 0 Å². The standard InChI is InChI=1S/C12H14F3NS/c13-12(14,15)11-4-2-1-3-9(11)8-17-10-5-6-16-7-10/h1-4,10,16H,5-8H2. The van der Waals surface area contributed by atoms with Crippen molar-refractivity contribution in [2.45, 2.75) is 23.6 Å². The van der Waals surface area contributed by atoms with E-state index in [4.69, 9.17) is 0 Å². The molecule has 5 heteroatoms. The lowest BCUT2D eigenvalue weighted by Gasteiger charge is -2.14. The van der Waals surface area contributed by atoms with E-state index in [-0.39, 0.29) is 0 Å². The molecule has 1 saturated heterocycles. The van der Waals surface area contributed by atoms with Crippen LogP contribution in [0.25, 0.3) is 0 Å². The second kappa shape index (κ2) is 5.31. The van der Waals surface area contributed by atoms with E-state index in [1.165, 1.54) is 6.07 Å². The van der Waals surface area contributed by atoms with E-state index in [1.807, 2.05) is 0 Å². The minimum atomic E-state index is -4.24. The van der Waals surface area contributed by atoms with Crippen molar-refractivity contribution >= 4 is 11.8 Å². The maximum atomic E-state index is 12.7. The van der Waals surface area contributed by atoms with Crippen LogP contribution in [0.2, 0.25) is 0 Å². The Balaban J connectivity index is 2.04. The van der Waals surface area contributed by atoms with Gasteiger partial charge in [-0.1, -0.05) is 18.2 Å². The average molecular weight is 261 g/mol. The van der Waals surface area contributed by atoms with Crippen LogP contribution in [0.3, 0.4) is 0 Å². The summed E-state index contributed by atoms with van der Waals surface area (Å²) < 4.78 is 38.2. The predicted octanol–water partition coefficient (Wildman–Crippen LogP) is 3.30. The van der Waals surface area contributed by atoms with Gasteiger partial charge < -0.3 is 5.32 Å². The second-order valence-electron chi connectivity index (χ2n) is 4.08. The summed E-state index contributed by atoms with van der Waals surface area (Å²) in [6.07, 6.45) is -3.20. The Morgan fingerprint density at radius 3 is 2.71 bits per heavy atom. The number of thioether (sulfide) groups is 1. The molecular formula is C12H14F3NS. The number of benzene rings is 1. The highest BCUT2D eigenvalue weighted by Crippen LogP contribution is 2.34. The molecule has 0 bridgehead atoms. The van der Waals surface area contributed by atoms with Crippen LogP contribution in [0.5, 0.6) is 0 Å². The molecule has 1 fully saturated rings. The lowest BCUT2D eigenvalue weighted by Crippen LogP contribution is -2.12. The molecule has 0 spiro atoms. The Hall–Kier alpha value is -0.680. The Labute approximate surface area is 103 Å². The zero-order chi connectivity index (χ0) is 12.3.